The van der Waals surface area contributed by atoms with Crippen LogP contribution >= 0.6 is 0 Å². The maximum atomic E-state index is 7.91. The van der Waals surface area contributed by atoms with Gasteiger partial charge in [0.2, 0.25) is 0 Å². The van der Waals surface area contributed by atoms with Crippen molar-refractivity contribution in [2.75, 3.05) is 7.11 Å². The molecule has 1 heteroatoms. The van der Waals surface area contributed by atoms with Gasteiger partial charge in [-0.1, -0.05) is 30.2 Å². The van der Waals surface area contributed by atoms with E-state index < -0.39 is 24.2 Å². The normalized spacial score (nSPS) is 18.2. The van der Waals surface area contributed by atoms with Crippen LogP contribution in [-0.2, 0) is 0 Å². The van der Waals surface area contributed by atoms with Crippen LogP contribution in [0.4, 0.5) is 0 Å². The Hall–Kier alpha value is -1.50. The van der Waals surface area contributed by atoms with E-state index in [2.05, 4.69) is 0 Å². The van der Waals surface area contributed by atoms with Gasteiger partial charge < -0.3 is 4.74 Å². The summed E-state index contributed by atoms with van der Waals surface area (Å²) in [5, 5.41) is -0.217. The first-order valence-corrected chi connectivity index (χ1v) is 3.36. The molecule has 0 aliphatic carbocycles. The van der Waals surface area contributed by atoms with Crippen molar-refractivity contribution in [3.8, 4) is 5.75 Å². The average Bonchev–Trinajstić information content (AvgIpc) is 2.38. The highest BCUT2D eigenvalue weighted by atomic mass is 16.5. The number of rotatable bonds is 1. The minimum Gasteiger partial charge on any atom is -0.497 e. The molecule has 0 fully saturated rings. The maximum absolute atomic E-state index is 7.91. The molecule has 0 N–H and O–H groups in total. The third-order valence-corrected chi connectivity index (χ3v) is 1.43. The second-order valence-corrected chi connectivity index (χ2v) is 2.16. The molecular formula is C11H10O. The smallest absolute Gasteiger partial charge is 0.119 e. The third kappa shape index (κ3) is 1.14. The summed E-state index contributed by atoms with van der Waals surface area (Å²) in [6.45, 7) is 0. The number of methoxy groups -OCH3 is 1. The van der Waals surface area contributed by atoms with Crippen LogP contribution in [0.1, 0.15) is 9.60 Å². The van der Waals surface area contributed by atoms with E-state index in [0.717, 1.165) is 0 Å². The zero-order valence-electron chi connectivity index (χ0n) is 13.4. The van der Waals surface area contributed by atoms with E-state index in [1.54, 1.807) is 0 Å². The summed E-state index contributed by atoms with van der Waals surface area (Å²) in [5.41, 5.74) is 0. The third-order valence-electron chi connectivity index (χ3n) is 1.43. The van der Waals surface area contributed by atoms with Gasteiger partial charge in [-0.25, -0.2) is 0 Å². The maximum Gasteiger partial charge on any atom is 0.119 e. The fraction of sp³-hybridized carbons (Fsp3) is 0.0909. The monoisotopic (exact) mass is 165 g/mol. The van der Waals surface area contributed by atoms with E-state index in [4.69, 9.17) is 14.3 Å². The topological polar surface area (TPSA) is 9.23 Å². The Morgan fingerprint density at radius 1 is 1.08 bits per heavy atom. The van der Waals surface area contributed by atoms with Crippen molar-refractivity contribution in [2.45, 2.75) is 0 Å². The lowest BCUT2D eigenvalue weighted by Crippen LogP contribution is -1.81. The van der Waals surface area contributed by atoms with Crippen LogP contribution in [0.3, 0.4) is 0 Å². The summed E-state index contributed by atoms with van der Waals surface area (Å²) in [6.07, 6.45) is 0. The summed E-state index contributed by atoms with van der Waals surface area (Å²) >= 11 is 0. The van der Waals surface area contributed by atoms with Crippen molar-refractivity contribution < 1.29 is 14.3 Å². The van der Waals surface area contributed by atoms with Crippen molar-refractivity contribution in [2.24, 2.45) is 0 Å². The van der Waals surface area contributed by atoms with Gasteiger partial charge in [0.25, 0.3) is 0 Å². The highest BCUT2D eigenvalue weighted by Gasteiger charge is 1.93. The van der Waals surface area contributed by atoms with Crippen molar-refractivity contribution in [1.29, 1.82) is 0 Å². The Morgan fingerprint density at radius 2 is 1.83 bits per heavy atom. The van der Waals surface area contributed by atoms with Gasteiger partial charge in [0, 0.05) is 0 Å². The van der Waals surface area contributed by atoms with Crippen LogP contribution < -0.4 is 4.74 Å². The largest absolute Gasteiger partial charge is 0.497 e. The first-order chi connectivity index (χ1) is 8.82. The van der Waals surface area contributed by atoms with Gasteiger partial charge in [0.05, 0.1) is 16.7 Å². The van der Waals surface area contributed by atoms with Gasteiger partial charge in [-0.05, 0) is 22.9 Å². The number of ether oxygens (including phenoxy) is 1. The molecule has 12 heavy (non-hydrogen) atoms. The van der Waals surface area contributed by atoms with Crippen LogP contribution in [-0.4, -0.2) is 7.11 Å². The fourth-order valence-corrected chi connectivity index (χ4v) is 0.866. The molecule has 1 nitrogen and oxygen atoms in total. The molecule has 0 saturated heterocycles. The van der Waals surface area contributed by atoms with Gasteiger partial charge in [-0.3, -0.25) is 0 Å². The Bertz CT molecular complexity index is 696. The summed E-state index contributed by atoms with van der Waals surface area (Å²) in [7, 11) is 1.25. The van der Waals surface area contributed by atoms with Crippen molar-refractivity contribution in [3.05, 3.63) is 42.3 Å². The molecule has 0 bridgehead atoms. The SMILES string of the molecule is [2H]c1c([2H])c([2H])c2c([2H])c(OC)c([2H])c([2H])c2c1[2H]. The summed E-state index contributed by atoms with van der Waals surface area (Å²) in [4.78, 5) is 0. The number of hydrogen-bond donors (Lipinski definition) is 0. The lowest BCUT2D eigenvalue weighted by atomic mass is 10.1. The van der Waals surface area contributed by atoms with Crippen LogP contribution in [0.5, 0.6) is 5.75 Å². The summed E-state index contributed by atoms with van der Waals surface area (Å²) < 4.78 is 59.1. The molecule has 0 saturated carbocycles. The number of hydrogen-bond acceptors (Lipinski definition) is 1. The molecule has 60 valence electrons. The minimum atomic E-state index is -0.477. The minimum absolute atomic E-state index is 0.0937. The second kappa shape index (κ2) is 2.86. The Labute approximate surface area is 81.4 Å². The van der Waals surface area contributed by atoms with E-state index in [-0.39, 0.29) is 34.6 Å². The second-order valence-electron chi connectivity index (χ2n) is 2.16. The first kappa shape index (κ1) is 2.77. The van der Waals surface area contributed by atoms with E-state index in [1.807, 2.05) is 0 Å². The lowest BCUT2D eigenvalue weighted by molar-refractivity contribution is 0.415. The average molecular weight is 165 g/mol. The van der Waals surface area contributed by atoms with Gasteiger partial charge in [0.15, 0.2) is 0 Å². The molecule has 0 unspecified atom stereocenters. The highest BCUT2D eigenvalue weighted by Crippen LogP contribution is 2.19. The van der Waals surface area contributed by atoms with Crippen molar-refractivity contribution >= 4 is 10.8 Å². The van der Waals surface area contributed by atoms with Crippen molar-refractivity contribution in [1.82, 2.24) is 0 Å². The van der Waals surface area contributed by atoms with Gasteiger partial charge in [-0.15, -0.1) is 0 Å². The van der Waals surface area contributed by atoms with E-state index in [1.165, 1.54) is 7.11 Å². The van der Waals surface area contributed by atoms with Crippen LogP contribution in [0.15, 0.2) is 42.3 Å². The number of fused-ring (bicyclic) bond motifs is 1. The highest BCUT2D eigenvalue weighted by molar-refractivity contribution is 5.83. The molecule has 2 aromatic carbocycles. The molecule has 0 aliphatic rings. The van der Waals surface area contributed by atoms with Crippen LogP contribution in [0.2, 0.25) is 0 Å². The zero-order chi connectivity index (χ0) is 14.5. The molecule has 0 radical (unpaired) electrons. The van der Waals surface area contributed by atoms with Crippen LogP contribution in [0.25, 0.3) is 10.8 Å². The van der Waals surface area contributed by atoms with Gasteiger partial charge >= 0.3 is 0 Å². The molecule has 2 aromatic rings. The van der Waals surface area contributed by atoms with Gasteiger partial charge in [-0.2, -0.15) is 0 Å². The zero-order valence-corrected chi connectivity index (χ0v) is 6.41. The fourth-order valence-electron chi connectivity index (χ4n) is 0.866. The molecule has 0 aliphatic heterocycles. The Morgan fingerprint density at radius 3 is 2.58 bits per heavy atom. The number of benzene rings is 2. The van der Waals surface area contributed by atoms with Gasteiger partial charge in [0.1, 0.15) is 5.75 Å². The summed E-state index contributed by atoms with van der Waals surface area (Å²) in [5.74, 6) is -0.164. The Kier molecular flexibility index (Phi) is 0.659. The molecule has 0 spiro atoms. The molecule has 0 amide bonds. The predicted octanol–water partition coefficient (Wildman–Crippen LogP) is 2.85. The standard InChI is InChI=1S/C11H10O/c1-12-11-7-6-9-4-2-3-5-10(9)8-11/h2-8H,1H3/i2D,3D,4D,5D,6D,7D,8D. The summed E-state index contributed by atoms with van der Waals surface area (Å²) in [6, 6.07) is -2.77. The predicted molar refractivity (Wildman–Crippen MR) is 50.5 cm³/mol. The molecular weight excluding hydrogens is 148 g/mol. The lowest BCUT2D eigenvalue weighted by Gasteiger charge is -2.00. The molecule has 0 heterocycles. The van der Waals surface area contributed by atoms with E-state index in [9.17, 15) is 0 Å². The van der Waals surface area contributed by atoms with Crippen LogP contribution in [0, 0.1) is 0 Å². The molecule has 2 rings (SSSR count). The van der Waals surface area contributed by atoms with E-state index >= 15 is 0 Å². The van der Waals surface area contributed by atoms with E-state index in [0.29, 0.717) is 0 Å². The Balaban J connectivity index is 3.18. The first-order valence-electron chi connectivity index (χ1n) is 6.86. The molecule has 0 aromatic heterocycles. The van der Waals surface area contributed by atoms with Crippen molar-refractivity contribution in [3.63, 3.8) is 0 Å². The quantitative estimate of drug-likeness (QED) is 0.631. The molecule has 0 atom stereocenters.